The lowest BCUT2D eigenvalue weighted by molar-refractivity contribution is 0.0573. The molecule has 1 aromatic carbocycles. The van der Waals surface area contributed by atoms with E-state index in [0.29, 0.717) is 24.6 Å². The summed E-state index contributed by atoms with van der Waals surface area (Å²) in [6, 6.07) is 9.58. The number of carbonyl (C=O) groups is 2. The van der Waals surface area contributed by atoms with E-state index in [4.69, 9.17) is 0 Å². The van der Waals surface area contributed by atoms with Crippen molar-refractivity contribution in [2.24, 2.45) is 5.92 Å². The van der Waals surface area contributed by atoms with E-state index in [2.05, 4.69) is 4.98 Å². The fraction of sp³-hybridized carbons (Fsp3) is 0.409. The summed E-state index contributed by atoms with van der Waals surface area (Å²) in [4.78, 5) is 34.2. The van der Waals surface area contributed by atoms with Crippen molar-refractivity contribution in [1.29, 1.82) is 0 Å². The summed E-state index contributed by atoms with van der Waals surface area (Å²) in [6.07, 6.45) is 5.33. The minimum atomic E-state index is 0.0377. The molecule has 140 valence electrons. The second kappa shape index (κ2) is 7.14. The van der Waals surface area contributed by atoms with Gasteiger partial charge < -0.3 is 9.80 Å². The van der Waals surface area contributed by atoms with Gasteiger partial charge in [0, 0.05) is 49.2 Å². The molecule has 3 aliphatic heterocycles. The largest absolute Gasteiger partial charge is 0.336 e. The zero-order valence-electron chi connectivity index (χ0n) is 15.9. The first-order chi connectivity index (χ1) is 13.0. The number of benzene rings is 1. The Labute approximate surface area is 160 Å². The first-order valence-electron chi connectivity index (χ1n) is 9.61. The number of aromatic nitrogens is 1. The zero-order valence-corrected chi connectivity index (χ0v) is 15.9. The Bertz CT molecular complexity index is 845. The molecule has 5 rings (SSSR count). The Morgan fingerprint density at radius 1 is 0.926 bits per heavy atom. The first kappa shape index (κ1) is 17.7. The lowest BCUT2D eigenvalue weighted by atomic mass is 9.93. The standard InChI is InChI=1S/C22H25N3O2/c1-15-4-3-5-16(2)20(15)22(27)25-13-17-6-7-19(25)14-24(12-17)21(26)18-8-10-23-11-9-18/h3-5,8-11,17,19H,6-7,12-14H2,1-2H3/t17-,19+/m0/s1. The van der Waals surface area contributed by atoms with Crippen molar-refractivity contribution in [3.8, 4) is 0 Å². The third-order valence-electron chi connectivity index (χ3n) is 5.88. The number of piperidine rings is 1. The third kappa shape index (κ3) is 3.34. The summed E-state index contributed by atoms with van der Waals surface area (Å²) in [7, 11) is 0. The van der Waals surface area contributed by atoms with Crippen molar-refractivity contribution in [3.05, 3.63) is 65.0 Å². The van der Waals surface area contributed by atoms with Crippen LogP contribution in [0.4, 0.5) is 0 Å². The van der Waals surface area contributed by atoms with Crippen molar-refractivity contribution in [2.45, 2.75) is 32.7 Å². The number of amides is 2. The average Bonchev–Trinajstić information content (AvgIpc) is 3.00. The molecule has 5 nitrogen and oxygen atoms in total. The second-order valence-corrected chi connectivity index (χ2v) is 7.77. The van der Waals surface area contributed by atoms with Gasteiger partial charge in [-0.3, -0.25) is 14.6 Å². The van der Waals surface area contributed by atoms with Crippen LogP contribution in [0.1, 0.15) is 44.7 Å². The second-order valence-electron chi connectivity index (χ2n) is 7.77. The molecule has 2 aromatic rings. The Morgan fingerprint density at radius 3 is 2.33 bits per heavy atom. The number of fused-ring (bicyclic) bond motifs is 4. The maximum atomic E-state index is 13.3. The van der Waals surface area contributed by atoms with Crippen LogP contribution >= 0.6 is 0 Å². The van der Waals surface area contributed by atoms with Gasteiger partial charge in [-0.25, -0.2) is 0 Å². The van der Waals surface area contributed by atoms with Crippen molar-refractivity contribution in [2.75, 3.05) is 19.6 Å². The van der Waals surface area contributed by atoms with Crippen LogP contribution in [0.15, 0.2) is 42.7 Å². The Balaban J connectivity index is 1.58. The minimum Gasteiger partial charge on any atom is -0.336 e. The van der Waals surface area contributed by atoms with E-state index in [0.717, 1.165) is 36.1 Å². The van der Waals surface area contributed by atoms with Gasteiger partial charge in [0.2, 0.25) is 0 Å². The van der Waals surface area contributed by atoms with Gasteiger partial charge in [0.05, 0.1) is 0 Å². The Kier molecular flexibility index (Phi) is 4.68. The number of hydrogen-bond donors (Lipinski definition) is 0. The van der Waals surface area contributed by atoms with Crippen molar-refractivity contribution < 1.29 is 9.59 Å². The van der Waals surface area contributed by atoms with Crippen LogP contribution in [0.25, 0.3) is 0 Å². The smallest absolute Gasteiger partial charge is 0.254 e. The number of carbonyl (C=O) groups excluding carboxylic acids is 2. The van der Waals surface area contributed by atoms with E-state index in [9.17, 15) is 9.59 Å². The summed E-state index contributed by atoms with van der Waals surface area (Å²) in [6.45, 7) is 6.05. The third-order valence-corrected chi connectivity index (χ3v) is 5.88. The Hall–Kier alpha value is -2.69. The van der Waals surface area contributed by atoms with Gasteiger partial charge in [-0.2, -0.15) is 0 Å². The van der Waals surface area contributed by atoms with Crippen LogP contribution in [-0.4, -0.2) is 52.3 Å². The first-order valence-corrected chi connectivity index (χ1v) is 9.61. The molecule has 2 bridgehead atoms. The molecule has 3 fully saturated rings. The molecular formula is C22H25N3O2. The molecule has 2 atom stereocenters. The van der Waals surface area contributed by atoms with Gasteiger partial charge in [0.1, 0.15) is 0 Å². The van der Waals surface area contributed by atoms with Crippen LogP contribution in [0, 0.1) is 19.8 Å². The van der Waals surface area contributed by atoms with Crippen LogP contribution < -0.4 is 0 Å². The maximum absolute atomic E-state index is 13.3. The fourth-order valence-corrected chi connectivity index (χ4v) is 4.47. The molecule has 2 amide bonds. The predicted octanol–water partition coefficient (Wildman–Crippen LogP) is 3.08. The van der Waals surface area contributed by atoms with E-state index in [1.807, 2.05) is 41.8 Å². The van der Waals surface area contributed by atoms with E-state index in [-0.39, 0.29) is 17.9 Å². The molecule has 3 aliphatic rings. The van der Waals surface area contributed by atoms with Gasteiger partial charge >= 0.3 is 0 Å². The van der Waals surface area contributed by atoms with Gasteiger partial charge in [-0.1, -0.05) is 18.2 Å². The lowest BCUT2D eigenvalue weighted by Gasteiger charge is -2.36. The van der Waals surface area contributed by atoms with E-state index < -0.39 is 0 Å². The molecule has 1 aromatic heterocycles. The van der Waals surface area contributed by atoms with Gasteiger partial charge in [-0.15, -0.1) is 0 Å². The number of pyridine rings is 1. The molecular weight excluding hydrogens is 338 g/mol. The topological polar surface area (TPSA) is 53.5 Å². The van der Waals surface area contributed by atoms with Gasteiger partial charge in [0.15, 0.2) is 0 Å². The maximum Gasteiger partial charge on any atom is 0.254 e. The number of hydrogen-bond acceptors (Lipinski definition) is 3. The molecule has 0 saturated carbocycles. The highest BCUT2D eigenvalue weighted by atomic mass is 16.2. The lowest BCUT2D eigenvalue weighted by Crippen LogP contribution is -2.48. The van der Waals surface area contributed by atoms with E-state index in [1.165, 1.54) is 0 Å². The summed E-state index contributed by atoms with van der Waals surface area (Å²) >= 11 is 0. The summed E-state index contributed by atoms with van der Waals surface area (Å²) in [5.74, 6) is 0.483. The summed E-state index contributed by atoms with van der Waals surface area (Å²) in [5, 5.41) is 0. The van der Waals surface area contributed by atoms with Crippen LogP contribution in [-0.2, 0) is 0 Å². The molecule has 0 unspecified atom stereocenters. The number of nitrogens with zero attached hydrogens (tertiary/aromatic N) is 3. The molecule has 3 saturated heterocycles. The normalized spacial score (nSPS) is 21.9. The fourth-order valence-electron chi connectivity index (χ4n) is 4.47. The zero-order chi connectivity index (χ0) is 19.0. The minimum absolute atomic E-state index is 0.0377. The predicted molar refractivity (Wildman–Crippen MR) is 104 cm³/mol. The highest BCUT2D eigenvalue weighted by molar-refractivity contribution is 5.98. The molecule has 27 heavy (non-hydrogen) atoms. The Morgan fingerprint density at radius 2 is 1.63 bits per heavy atom. The van der Waals surface area contributed by atoms with Crippen LogP contribution in [0.2, 0.25) is 0 Å². The summed E-state index contributed by atoms with van der Waals surface area (Å²) in [5.41, 5.74) is 3.52. The SMILES string of the molecule is Cc1cccc(C)c1C(=O)N1C[C@H]2CC[C@@H]1CN(C(=O)c1ccncc1)C2. The van der Waals surface area contributed by atoms with E-state index in [1.54, 1.807) is 24.5 Å². The quantitative estimate of drug-likeness (QED) is 0.824. The highest BCUT2D eigenvalue weighted by Crippen LogP contribution is 2.31. The molecule has 0 spiro atoms. The molecule has 0 aliphatic carbocycles. The van der Waals surface area contributed by atoms with Crippen LogP contribution in [0.3, 0.4) is 0 Å². The van der Waals surface area contributed by atoms with Crippen LogP contribution in [0.5, 0.6) is 0 Å². The number of aryl methyl sites for hydroxylation is 2. The van der Waals surface area contributed by atoms with Gasteiger partial charge in [-0.05, 0) is 55.9 Å². The average molecular weight is 363 g/mol. The van der Waals surface area contributed by atoms with Gasteiger partial charge in [0.25, 0.3) is 11.8 Å². The monoisotopic (exact) mass is 363 g/mol. The van der Waals surface area contributed by atoms with E-state index >= 15 is 0 Å². The number of rotatable bonds is 2. The van der Waals surface area contributed by atoms with Crippen molar-refractivity contribution in [1.82, 2.24) is 14.8 Å². The summed E-state index contributed by atoms with van der Waals surface area (Å²) < 4.78 is 0. The van der Waals surface area contributed by atoms with Crippen molar-refractivity contribution >= 4 is 11.8 Å². The molecule has 4 heterocycles. The van der Waals surface area contributed by atoms with Crippen molar-refractivity contribution in [3.63, 3.8) is 0 Å². The highest BCUT2D eigenvalue weighted by Gasteiger charge is 2.39. The molecule has 5 heteroatoms. The molecule has 0 N–H and O–H groups in total. The molecule has 0 radical (unpaired) electrons.